The summed E-state index contributed by atoms with van der Waals surface area (Å²) in [5, 5.41) is 0.496. The van der Waals surface area contributed by atoms with Gasteiger partial charge in [-0.25, -0.2) is 8.42 Å². The number of aliphatic imine (C=N–C) groups is 1. The van der Waals surface area contributed by atoms with E-state index in [9.17, 15) is 13.2 Å². The summed E-state index contributed by atoms with van der Waals surface area (Å²) in [5.74, 6) is 0.000318. The first-order valence-electron chi connectivity index (χ1n) is 11.0. The lowest BCUT2D eigenvalue weighted by atomic mass is 10.1. The van der Waals surface area contributed by atoms with Crippen molar-refractivity contribution in [3.63, 3.8) is 0 Å². The van der Waals surface area contributed by atoms with Crippen LogP contribution in [0.25, 0.3) is 0 Å². The maximum absolute atomic E-state index is 12.8. The van der Waals surface area contributed by atoms with Crippen molar-refractivity contribution < 1.29 is 13.2 Å². The number of thioether (sulfide) groups is 1. The second-order valence-electron chi connectivity index (χ2n) is 8.31. The van der Waals surface area contributed by atoms with Crippen molar-refractivity contribution in [1.82, 2.24) is 0 Å². The van der Waals surface area contributed by atoms with Crippen LogP contribution in [0.2, 0.25) is 0 Å². The van der Waals surface area contributed by atoms with Crippen LogP contribution in [0.15, 0.2) is 53.5 Å². The van der Waals surface area contributed by atoms with Gasteiger partial charge in [0.05, 0.1) is 24.0 Å². The number of anilines is 2. The molecule has 170 valence electrons. The van der Waals surface area contributed by atoms with Gasteiger partial charge in [-0.3, -0.25) is 4.79 Å². The Hall–Kier alpha value is -2.32. The SMILES string of the molecule is CCN(CC)c1ccc(N2C(=NC(=O)Cc3cccc(C)c3)S[C@H]3CS(=O)(=O)C[C@H]32)cc1. The molecule has 2 aliphatic rings. The number of rotatable bonds is 6. The molecular formula is C24H29N3O3S2. The van der Waals surface area contributed by atoms with E-state index in [1.165, 1.54) is 11.8 Å². The molecule has 0 aliphatic carbocycles. The third-order valence-corrected chi connectivity index (χ3v) is 9.19. The molecule has 1 amide bonds. The van der Waals surface area contributed by atoms with E-state index in [4.69, 9.17) is 0 Å². The Morgan fingerprint density at radius 2 is 1.84 bits per heavy atom. The predicted octanol–water partition coefficient (Wildman–Crippen LogP) is 3.69. The predicted molar refractivity (Wildman–Crippen MR) is 134 cm³/mol. The Bertz CT molecular complexity index is 1130. The highest BCUT2D eigenvalue weighted by molar-refractivity contribution is 8.16. The number of carbonyl (C=O) groups excluding carboxylic acids is 1. The van der Waals surface area contributed by atoms with Crippen molar-refractivity contribution in [1.29, 1.82) is 0 Å². The number of amides is 1. The molecule has 2 fully saturated rings. The van der Waals surface area contributed by atoms with Gasteiger partial charge in [0, 0.05) is 29.7 Å². The van der Waals surface area contributed by atoms with Crippen molar-refractivity contribution in [3.8, 4) is 0 Å². The van der Waals surface area contributed by atoms with Gasteiger partial charge in [0.25, 0.3) is 5.91 Å². The van der Waals surface area contributed by atoms with Gasteiger partial charge < -0.3 is 9.80 Å². The number of fused-ring (bicyclic) bond motifs is 1. The van der Waals surface area contributed by atoms with Crippen molar-refractivity contribution in [3.05, 3.63) is 59.7 Å². The quantitative estimate of drug-likeness (QED) is 0.640. The molecule has 0 N–H and O–H groups in total. The van der Waals surface area contributed by atoms with E-state index in [2.05, 4.69) is 35.9 Å². The van der Waals surface area contributed by atoms with E-state index in [1.54, 1.807) is 0 Å². The molecule has 6 nitrogen and oxygen atoms in total. The summed E-state index contributed by atoms with van der Waals surface area (Å²) in [4.78, 5) is 21.4. The van der Waals surface area contributed by atoms with Gasteiger partial charge in [0.2, 0.25) is 0 Å². The van der Waals surface area contributed by atoms with Crippen LogP contribution in [0.4, 0.5) is 11.4 Å². The topological polar surface area (TPSA) is 70.0 Å². The van der Waals surface area contributed by atoms with Crippen LogP contribution >= 0.6 is 11.8 Å². The van der Waals surface area contributed by atoms with Gasteiger partial charge in [0.1, 0.15) is 0 Å². The van der Waals surface area contributed by atoms with Crippen LogP contribution in [-0.4, -0.2) is 55.4 Å². The van der Waals surface area contributed by atoms with E-state index >= 15 is 0 Å². The van der Waals surface area contributed by atoms with E-state index in [-0.39, 0.29) is 35.1 Å². The maximum Gasteiger partial charge on any atom is 0.252 e. The normalized spacial score (nSPS) is 22.8. The Kier molecular flexibility index (Phi) is 6.62. The van der Waals surface area contributed by atoms with Crippen LogP contribution < -0.4 is 9.80 Å². The van der Waals surface area contributed by atoms with E-state index in [0.29, 0.717) is 5.17 Å². The van der Waals surface area contributed by atoms with E-state index < -0.39 is 9.84 Å². The Morgan fingerprint density at radius 1 is 1.12 bits per heavy atom. The molecule has 0 spiro atoms. The first-order chi connectivity index (χ1) is 15.3. The number of sulfone groups is 1. The molecule has 0 bridgehead atoms. The minimum atomic E-state index is -3.09. The summed E-state index contributed by atoms with van der Waals surface area (Å²) in [6.45, 7) is 8.06. The fourth-order valence-corrected chi connectivity index (χ4v) is 8.35. The van der Waals surface area contributed by atoms with Gasteiger partial charge in [-0.1, -0.05) is 41.6 Å². The molecule has 2 aliphatic heterocycles. The van der Waals surface area contributed by atoms with Gasteiger partial charge in [-0.2, -0.15) is 4.99 Å². The number of benzene rings is 2. The van der Waals surface area contributed by atoms with Crippen LogP contribution in [-0.2, 0) is 21.1 Å². The van der Waals surface area contributed by atoms with Crippen molar-refractivity contribution >= 4 is 44.0 Å². The summed E-state index contributed by atoms with van der Waals surface area (Å²) in [6.07, 6.45) is 0.230. The Labute approximate surface area is 194 Å². The molecule has 2 saturated heterocycles. The monoisotopic (exact) mass is 471 g/mol. The van der Waals surface area contributed by atoms with E-state index in [1.807, 2.05) is 48.2 Å². The smallest absolute Gasteiger partial charge is 0.252 e. The molecule has 0 aromatic heterocycles. The molecule has 8 heteroatoms. The average Bonchev–Trinajstić information content (AvgIpc) is 3.20. The first-order valence-corrected chi connectivity index (χ1v) is 13.7. The molecule has 0 saturated carbocycles. The van der Waals surface area contributed by atoms with Gasteiger partial charge in [-0.05, 0) is 50.6 Å². The molecule has 32 heavy (non-hydrogen) atoms. The summed E-state index contributed by atoms with van der Waals surface area (Å²) >= 11 is 1.41. The van der Waals surface area contributed by atoms with Crippen LogP contribution in [0.3, 0.4) is 0 Å². The summed E-state index contributed by atoms with van der Waals surface area (Å²) < 4.78 is 24.6. The summed E-state index contributed by atoms with van der Waals surface area (Å²) in [7, 11) is -3.09. The molecule has 2 aromatic carbocycles. The minimum absolute atomic E-state index is 0.0908. The fraction of sp³-hybridized carbons (Fsp3) is 0.417. The number of amidine groups is 1. The third-order valence-electron chi connectivity index (χ3n) is 5.98. The largest absolute Gasteiger partial charge is 0.372 e. The lowest BCUT2D eigenvalue weighted by Gasteiger charge is -2.26. The number of hydrogen-bond donors (Lipinski definition) is 0. The Balaban J connectivity index is 1.62. The molecule has 2 aromatic rings. The number of hydrogen-bond acceptors (Lipinski definition) is 5. The highest BCUT2D eigenvalue weighted by atomic mass is 32.2. The van der Waals surface area contributed by atoms with Gasteiger partial charge >= 0.3 is 0 Å². The third kappa shape index (κ3) is 4.86. The number of aryl methyl sites for hydroxylation is 1. The Morgan fingerprint density at radius 3 is 2.50 bits per heavy atom. The molecular weight excluding hydrogens is 442 g/mol. The second kappa shape index (κ2) is 9.27. The molecule has 2 atom stereocenters. The highest BCUT2D eigenvalue weighted by Gasteiger charge is 2.49. The van der Waals surface area contributed by atoms with Gasteiger partial charge in [-0.15, -0.1) is 0 Å². The molecule has 0 radical (unpaired) electrons. The number of nitrogens with zero attached hydrogens (tertiary/aromatic N) is 3. The number of carbonyl (C=O) groups is 1. The van der Waals surface area contributed by atoms with Crippen LogP contribution in [0.5, 0.6) is 0 Å². The molecule has 0 unspecified atom stereocenters. The van der Waals surface area contributed by atoms with Crippen LogP contribution in [0.1, 0.15) is 25.0 Å². The minimum Gasteiger partial charge on any atom is -0.372 e. The lowest BCUT2D eigenvalue weighted by Crippen LogP contribution is -2.37. The molecule has 2 heterocycles. The molecule has 4 rings (SSSR count). The zero-order chi connectivity index (χ0) is 22.9. The lowest BCUT2D eigenvalue weighted by molar-refractivity contribution is -0.117. The van der Waals surface area contributed by atoms with Crippen molar-refractivity contribution in [2.45, 2.75) is 38.5 Å². The average molecular weight is 472 g/mol. The fourth-order valence-electron chi connectivity index (χ4n) is 4.42. The second-order valence-corrected chi connectivity index (χ2v) is 11.7. The maximum atomic E-state index is 12.8. The van der Waals surface area contributed by atoms with Crippen LogP contribution in [0, 0.1) is 6.92 Å². The summed E-state index contributed by atoms with van der Waals surface area (Å²) in [6, 6.07) is 15.8. The van der Waals surface area contributed by atoms with Gasteiger partial charge in [0.15, 0.2) is 15.0 Å². The summed E-state index contributed by atoms with van der Waals surface area (Å²) in [5.41, 5.74) is 4.03. The zero-order valence-corrected chi connectivity index (χ0v) is 20.3. The zero-order valence-electron chi connectivity index (χ0n) is 18.7. The standard InChI is InChI=1S/C24H29N3O3S2/c1-4-26(5-2)19-9-11-20(12-10-19)27-21-15-32(29,30)16-22(21)31-24(27)25-23(28)14-18-8-6-7-17(3)13-18/h6-13,21-22H,4-5,14-16H2,1-3H3/t21-,22+/m1/s1. The first kappa shape index (κ1) is 22.9. The van der Waals surface area contributed by atoms with Crippen molar-refractivity contribution in [2.75, 3.05) is 34.4 Å². The highest BCUT2D eigenvalue weighted by Crippen LogP contribution is 2.41. The van der Waals surface area contributed by atoms with E-state index in [0.717, 1.165) is 35.6 Å². The van der Waals surface area contributed by atoms with Crippen molar-refractivity contribution in [2.24, 2.45) is 4.99 Å².